The first-order chi connectivity index (χ1) is 10.1. The average Bonchev–Trinajstić information content (AvgIpc) is 2.45. The van der Waals surface area contributed by atoms with Gasteiger partial charge in [-0.05, 0) is 36.8 Å². The number of phenols is 1. The highest BCUT2D eigenvalue weighted by Crippen LogP contribution is 2.31. The fourth-order valence-electron chi connectivity index (χ4n) is 2.01. The van der Waals surface area contributed by atoms with Gasteiger partial charge >= 0.3 is 0 Å². The SMILES string of the molecule is CCOc1cccc(CNCc2cc(Cl)cc(Cl)c2O)c1. The van der Waals surface area contributed by atoms with Gasteiger partial charge in [0.15, 0.2) is 0 Å². The van der Waals surface area contributed by atoms with Crippen molar-refractivity contribution in [3.05, 3.63) is 57.6 Å². The Morgan fingerprint density at radius 3 is 2.71 bits per heavy atom. The van der Waals surface area contributed by atoms with Crippen LogP contribution in [0.25, 0.3) is 0 Å². The summed E-state index contributed by atoms with van der Waals surface area (Å²) in [6.07, 6.45) is 0. The van der Waals surface area contributed by atoms with Gasteiger partial charge in [-0.1, -0.05) is 35.3 Å². The Balaban J connectivity index is 1.97. The molecule has 21 heavy (non-hydrogen) atoms. The maximum atomic E-state index is 9.88. The molecule has 2 rings (SSSR count). The van der Waals surface area contributed by atoms with Crippen LogP contribution < -0.4 is 10.1 Å². The van der Waals surface area contributed by atoms with Crippen LogP contribution in [0.3, 0.4) is 0 Å². The number of phenolic OH excluding ortho intramolecular Hbond substituents is 1. The number of aromatic hydroxyl groups is 1. The van der Waals surface area contributed by atoms with Crippen molar-refractivity contribution >= 4 is 23.2 Å². The molecular weight excluding hydrogens is 309 g/mol. The van der Waals surface area contributed by atoms with E-state index in [1.165, 1.54) is 6.07 Å². The monoisotopic (exact) mass is 325 g/mol. The highest BCUT2D eigenvalue weighted by Gasteiger charge is 2.07. The van der Waals surface area contributed by atoms with Gasteiger partial charge in [-0.25, -0.2) is 0 Å². The summed E-state index contributed by atoms with van der Waals surface area (Å²) in [6, 6.07) is 11.1. The van der Waals surface area contributed by atoms with E-state index in [0.717, 1.165) is 11.3 Å². The predicted molar refractivity (Wildman–Crippen MR) is 86.3 cm³/mol. The van der Waals surface area contributed by atoms with E-state index in [4.69, 9.17) is 27.9 Å². The second-order valence-electron chi connectivity index (χ2n) is 4.58. The maximum Gasteiger partial charge on any atom is 0.138 e. The summed E-state index contributed by atoms with van der Waals surface area (Å²) in [5, 5.41) is 13.9. The Kier molecular flexibility index (Phi) is 5.74. The maximum absolute atomic E-state index is 9.88. The molecule has 0 fully saturated rings. The van der Waals surface area contributed by atoms with E-state index < -0.39 is 0 Å². The summed E-state index contributed by atoms with van der Waals surface area (Å²) in [7, 11) is 0. The van der Waals surface area contributed by atoms with Crippen molar-refractivity contribution < 1.29 is 9.84 Å². The molecule has 0 aliphatic rings. The zero-order chi connectivity index (χ0) is 15.2. The van der Waals surface area contributed by atoms with E-state index in [1.807, 2.05) is 31.2 Å². The predicted octanol–water partition coefficient (Wildman–Crippen LogP) is 4.39. The van der Waals surface area contributed by atoms with Crippen LogP contribution in [0.5, 0.6) is 11.5 Å². The molecule has 2 aromatic rings. The van der Waals surface area contributed by atoms with E-state index in [2.05, 4.69) is 5.32 Å². The van der Waals surface area contributed by atoms with Crippen molar-refractivity contribution in [2.75, 3.05) is 6.61 Å². The van der Waals surface area contributed by atoms with Crippen molar-refractivity contribution in [2.45, 2.75) is 20.0 Å². The van der Waals surface area contributed by atoms with E-state index in [0.29, 0.717) is 30.3 Å². The van der Waals surface area contributed by atoms with Gasteiger partial charge in [0.1, 0.15) is 11.5 Å². The quantitative estimate of drug-likeness (QED) is 0.827. The largest absolute Gasteiger partial charge is 0.506 e. The van der Waals surface area contributed by atoms with Gasteiger partial charge in [0.05, 0.1) is 11.6 Å². The van der Waals surface area contributed by atoms with Gasteiger partial charge in [0, 0.05) is 23.7 Å². The first-order valence-electron chi connectivity index (χ1n) is 6.69. The van der Waals surface area contributed by atoms with Crippen LogP contribution in [0.15, 0.2) is 36.4 Å². The second-order valence-corrected chi connectivity index (χ2v) is 5.42. The van der Waals surface area contributed by atoms with Crippen LogP contribution in [0.1, 0.15) is 18.1 Å². The lowest BCUT2D eigenvalue weighted by molar-refractivity contribution is 0.340. The number of nitrogens with one attached hydrogen (secondary N) is 1. The van der Waals surface area contributed by atoms with E-state index in [9.17, 15) is 5.11 Å². The average molecular weight is 326 g/mol. The number of hydrogen-bond acceptors (Lipinski definition) is 3. The van der Waals surface area contributed by atoms with Crippen molar-refractivity contribution in [3.63, 3.8) is 0 Å². The molecule has 0 radical (unpaired) electrons. The van der Waals surface area contributed by atoms with Crippen LogP contribution in [-0.2, 0) is 13.1 Å². The number of benzene rings is 2. The van der Waals surface area contributed by atoms with Crippen LogP contribution in [-0.4, -0.2) is 11.7 Å². The van der Waals surface area contributed by atoms with Crippen LogP contribution >= 0.6 is 23.2 Å². The first kappa shape index (κ1) is 16.0. The topological polar surface area (TPSA) is 41.5 Å². The fraction of sp³-hybridized carbons (Fsp3) is 0.250. The van der Waals surface area contributed by atoms with Crippen molar-refractivity contribution in [1.29, 1.82) is 0 Å². The summed E-state index contributed by atoms with van der Waals surface area (Å²) in [5.41, 5.74) is 1.78. The molecule has 2 aromatic carbocycles. The third kappa shape index (κ3) is 4.53. The van der Waals surface area contributed by atoms with E-state index >= 15 is 0 Å². The smallest absolute Gasteiger partial charge is 0.138 e. The third-order valence-corrected chi connectivity index (χ3v) is 3.47. The summed E-state index contributed by atoms with van der Waals surface area (Å²) in [4.78, 5) is 0. The van der Waals surface area contributed by atoms with Gasteiger partial charge in [-0.15, -0.1) is 0 Å². The van der Waals surface area contributed by atoms with E-state index in [1.54, 1.807) is 6.07 Å². The fourth-order valence-corrected chi connectivity index (χ4v) is 2.54. The normalized spacial score (nSPS) is 10.6. The molecule has 0 amide bonds. The molecule has 0 aliphatic carbocycles. The number of rotatable bonds is 6. The minimum Gasteiger partial charge on any atom is -0.506 e. The Morgan fingerprint density at radius 2 is 1.95 bits per heavy atom. The molecule has 0 saturated carbocycles. The molecule has 0 unspecified atom stereocenters. The molecule has 0 aliphatic heterocycles. The molecule has 0 heterocycles. The zero-order valence-corrected chi connectivity index (χ0v) is 13.2. The standard InChI is InChI=1S/C16H17Cl2NO2/c1-2-21-14-5-3-4-11(6-14)9-19-10-12-7-13(17)8-15(18)16(12)20/h3-8,19-20H,2,9-10H2,1H3. The summed E-state index contributed by atoms with van der Waals surface area (Å²) in [6.45, 7) is 3.73. The van der Waals surface area contributed by atoms with Crippen molar-refractivity contribution in [3.8, 4) is 11.5 Å². The molecule has 0 spiro atoms. The minimum atomic E-state index is 0.0663. The molecular formula is C16H17Cl2NO2. The number of hydrogen-bond donors (Lipinski definition) is 2. The summed E-state index contributed by atoms with van der Waals surface area (Å²) < 4.78 is 5.46. The third-order valence-electron chi connectivity index (χ3n) is 2.96. The number of halogens is 2. The lowest BCUT2D eigenvalue weighted by Crippen LogP contribution is -2.13. The molecule has 0 aromatic heterocycles. The molecule has 0 atom stereocenters. The molecule has 0 saturated heterocycles. The van der Waals surface area contributed by atoms with E-state index in [-0.39, 0.29) is 10.8 Å². The Labute approximate surface area is 134 Å². The van der Waals surface area contributed by atoms with Gasteiger partial charge in [-0.3, -0.25) is 0 Å². The Bertz CT molecular complexity index is 617. The van der Waals surface area contributed by atoms with Crippen LogP contribution in [0, 0.1) is 0 Å². The molecule has 5 heteroatoms. The number of ether oxygens (including phenoxy) is 1. The molecule has 112 valence electrons. The lowest BCUT2D eigenvalue weighted by Gasteiger charge is -2.10. The molecule has 0 bridgehead atoms. The Morgan fingerprint density at radius 1 is 1.14 bits per heavy atom. The van der Waals surface area contributed by atoms with Crippen molar-refractivity contribution in [2.24, 2.45) is 0 Å². The van der Waals surface area contributed by atoms with Gasteiger partial charge in [0.25, 0.3) is 0 Å². The molecule has 3 nitrogen and oxygen atoms in total. The molecule has 2 N–H and O–H groups in total. The van der Waals surface area contributed by atoms with Gasteiger partial charge in [-0.2, -0.15) is 0 Å². The minimum absolute atomic E-state index is 0.0663. The van der Waals surface area contributed by atoms with Gasteiger partial charge in [0.2, 0.25) is 0 Å². The lowest BCUT2D eigenvalue weighted by atomic mass is 10.1. The second kappa shape index (κ2) is 7.55. The summed E-state index contributed by atoms with van der Waals surface area (Å²) >= 11 is 11.8. The summed E-state index contributed by atoms with van der Waals surface area (Å²) in [5.74, 6) is 0.919. The van der Waals surface area contributed by atoms with Gasteiger partial charge < -0.3 is 15.2 Å². The van der Waals surface area contributed by atoms with Crippen LogP contribution in [0.2, 0.25) is 10.0 Å². The zero-order valence-electron chi connectivity index (χ0n) is 11.7. The highest BCUT2D eigenvalue weighted by atomic mass is 35.5. The van der Waals surface area contributed by atoms with Crippen LogP contribution in [0.4, 0.5) is 0 Å². The Hall–Kier alpha value is -1.42. The highest BCUT2D eigenvalue weighted by molar-refractivity contribution is 6.35. The first-order valence-corrected chi connectivity index (χ1v) is 7.45. The van der Waals surface area contributed by atoms with Crippen molar-refractivity contribution in [1.82, 2.24) is 5.32 Å².